The first-order chi connectivity index (χ1) is 11.1. The number of nitrogens with zero attached hydrogens (tertiary/aromatic N) is 3. The van der Waals surface area contributed by atoms with Crippen molar-refractivity contribution in [3.05, 3.63) is 24.2 Å². The normalized spacial score (nSPS) is 31.0. The molecular formula is C12H17N4O7P. The van der Waals surface area contributed by atoms with Crippen molar-refractivity contribution in [2.45, 2.75) is 30.8 Å². The Labute approximate surface area is 135 Å². The average molecular weight is 360 g/mol. The first-order valence-corrected chi connectivity index (χ1v) is 8.48. The molecule has 0 spiro atoms. The fourth-order valence-corrected chi connectivity index (χ4v) is 3.10. The lowest BCUT2D eigenvalue weighted by atomic mass is 9.91. The van der Waals surface area contributed by atoms with E-state index >= 15 is 0 Å². The summed E-state index contributed by atoms with van der Waals surface area (Å²) in [6.07, 6.45) is -2.35. The van der Waals surface area contributed by atoms with Gasteiger partial charge in [0.2, 0.25) is 0 Å². The Balaban J connectivity index is 1.92. The number of hydrogen-bond donors (Lipinski definition) is 5. The van der Waals surface area contributed by atoms with Gasteiger partial charge in [0.05, 0.1) is 12.3 Å². The molecule has 2 aromatic heterocycles. The van der Waals surface area contributed by atoms with Gasteiger partial charge in [-0.1, -0.05) is 0 Å². The molecule has 1 aliphatic heterocycles. The van der Waals surface area contributed by atoms with E-state index in [9.17, 15) is 14.8 Å². The number of ether oxygens (including phenoxy) is 1. The Hall–Kier alpha value is -1.59. The molecule has 1 aliphatic rings. The number of phosphoric acid groups is 1. The van der Waals surface area contributed by atoms with Gasteiger partial charge in [0.15, 0.2) is 5.82 Å². The third-order valence-electron chi connectivity index (χ3n) is 3.98. The Morgan fingerprint density at radius 3 is 2.88 bits per heavy atom. The molecule has 132 valence electrons. The highest BCUT2D eigenvalue weighted by Gasteiger charge is 2.54. The van der Waals surface area contributed by atoms with E-state index < -0.39 is 38.3 Å². The highest BCUT2D eigenvalue weighted by molar-refractivity contribution is 7.46. The Bertz CT molecular complexity index is 804. The van der Waals surface area contributed by atoms with Gasteiger partial charge < -0.3 is 30.5 Å². The molecule has 3 rings (SSSR count). The van der Waals surface area contributed by atoms with Crippen LogP contribution in [-0.4, -0.2) is 59.0 Å². The number of nitrogen functional groups attached to an aromatic ring is 1. The predicted octanol–water partition coefficient (Wildman–Crippen LogP) is -1.03. The number of nitrogens with two attached hydrogens (primary N) is 1. The van der Waals surface area contributed by atoms with Crippen LogP contribution in [0.5, 0.6) is 0 Å². The van der Waals surface area contributed by atoms with Gasteiger partial charge in [0.1, 0.15) is 35.8 Å². The molecule has 0 aromatic carbocycles. The largest absolute Gasteiger partial charge is 0.469 e. The van der Waals surface area contributed by atoms with Crippen LogP contribution >= 0.6 is 7.82 Å². The van der Waals surface area contributed by atoms with Crippen molar-refractivity contribution in [1.29, 1.82) is 0 Å². The number of aliphatic hydroxyl groups is 2. The zero-order chi connectivity index (χ0) is 17.7. The third kappa shape index (κ3) is 2.91. The Morgan fingerprint density at radius 1 is 1.50 bits per heavy atom. The van der Waals surface area contributed by atoms with Gasteiger partial charge in [-0.3, -0.25) is 4.52 Å². The van der Waals surface area contributed by atoms with E-state index in [1.54, 1.807) is 12.1 Å². The predicted molar refractivity (Wildman–Crippen MR) is 79.6 cm³/mol. The summed E-state index contributed by atoms with van der Waals surface area (Å²) in [6.45, 7) is 0.766. The highest BCUT2D eigenvalue weighted by atomic mass is 31.2. The molecule has 24 heavy (non-hydrogen) atoms. The molecule has 0 amide bonds. The van der Waals surface area contributed by atoms with E-state index in [2.05, 4.69) is 14.6 Å². The molecule has 3 heterocycles. The van der Waals surface area contributed by atoms with E-state index in [1.165, 1.54) is 17.8 Å². The lowest BCUT2D eigenvalue weighted by molar-refractivity contribution is -0.0664. The maximum atomic E-state index is 10.8. The lowest BCUT2D eigenvalue weighted by Crippen LogP contribution is -2.43. The second-order valence-corrected chi connectivity index (χ2v) is 6.95. The zero-order valence-corrected chi connectivity index (χ0v) is 13.4. The molecule has 2 aromatic rings. The molecule has 0 aliphatic carbocycles. The third-order valence-corrected chi connectivity index (χ3v) is 4.46. The summed E-state index contributed by atoms with van der Waals surface area (Å²) in [5.41, 5.74) is 4.92. The minimum Gasteiger partial charge on any atom is -0.387 e. The number of anilines is 1. The SMILES string of the molecule is C[C@@]1(O)[C@H](O)[C@@H](COP(=O)(O)O)O[C@H]1c1ccc2c(N)ncnn12. The van der Waals surface area contributed by atoms with Crippen LogP contribution in [0.4, 0.5) is 5.82 Å². The van der Waals surface area contributed by atoms with Crippen molar-refractivity contribution in [1.82, 2.24) is 14.6 Å². The summed E-state index contributed by atoms with van der Waals surface area (Å²) >= 11 is 0. The maximum absolute atomic E-state index is 10.8. The van der Waals surface area contributed by atoms with Crippen molar-refractivity contribution in [2.75, 3.05) is 12.3 Å². The van der Waals surface area contributed by atoms with Crippen LogP contribution in [0.3, 0.4) is 0 Å². The van der Waals surface area contributed by atoms with Crippen molar-refractivity contribution >= 4 is 19.2 Å². The molecule has 12 heteroatoms. The van der Waals surface area contributed by atoms with Gasteiger partial charge in [0.25, 0.3) is 0 Å². The number of rotatable bonds is 4. The van der Waals surface area contributed by atoms with Crippen LogP contribution in [0.15, 0.2) is 18.5 Å². The molecule has 11 nitrogen and oxygen atoms in total. The van der Waals surface area contributed by atoms with Crippen LogP contribution in [0, 0.1) is 0 Å². The summed E-state index contributed by atoms with van der Waals surface area (Å²) in [7, 11) is -4.73. The first kappa shape index (κ1) is 17.2. The molecule has 6 N–H and O–H groups in total. The number of aliphatic hydroxyl groups excluding tert-OH is 1. The van der Waals surface area contributed by atoms with Gasteiger partial charge >= 0.3 is 7.82 Å². The van der Waals surface area contributed by atoms with Crippen molar-refractivity contribution in [3.8, 4) is 0 Å². The summed E-state index contributed by atoms with van der Waals surface area (Å²) in [5, 5.41) is 24.9. The topological polar surface area (TPSA) is 173 Å². The Morgan fingerprint density at radius 2 is 2.21 bits per heavy atom. The number of phosphoric ester groups is 1. The molecule has 4 atom stereocenters. The van der Waals surface area contributed by atoms with Gasteiger partial charge in [-0.05, 0) is 19.1 Å². The molecular weight excluding hydrogens is 343 g/mol. The minimum absolute atomic E-state index is 0.232. The summed E-state index contributed by atoms with van der Waals surface area (Å²) in [6, 6.07) is 3.24. The fourth-order valence-electron chi connectivity index (χ4n) is 2.76. The van der Waals surface area contributed by atoms with Gasteiger partial charge in [-0.2, -0.15) is 5.10 Å². The molecule has 0 unspecified atom stereocenters. The van der Waals surface area contributed by atoms with Crippen LogP contribution in [0.2, 0.25) is 0 Å². The molecule has 1 saturated heterocycles. The number of aromatic nitrogens is 3. The Kier molecular flexibility index (Phi) is 4.12. The van der Waals surface area contributed by atoms with Crippen molar-refractivity contribution in [2.24, 2.45) is 0 Å². The molecule has 0 radical (unpaired) electrons. The van der Waals surface area contributed by atoms with E-state index in [0.717, 1.165) is 0 Å². The van der Waals surface area contributed by atoms with E-state index in [1.807, 2.05) is 0 Å². The van der Waals surface area contributed by atoms with Crippen LogP contribution < -0.4 is 5.73 Å². The lowest BCUT2D eigenvalue weighted by Gasteiger charge is -2.26. The monoisotopic (exact) mass is 360 g/mol. The van der Waals surface area contributed by atoms with E-state index in [0.29, 0.717) is 11.2 Å². The fraction of sp³-hybridized carbons (Fsp3) is 0.500. The van der Waals surface area contributed by atoms with Crippen molar-refractivity contribution < 1.29 is 33.8 Å². The minimum atomic E-state index is -4.73. The second-order valence-electron chi connectivity index (χ2n) is 5.71. The van der Waals surface area contributed by atoms with Crippen LogP contribution in [0.25, 0.3) is 5.52 Å². The van der Waals surface area contributed by atoms with Gasteiger partial charge in [-0.25, -0.2) is 14.1 Å². The summed E-state index contributed by atoms with van der Waals surface area (Å²) in [5.74, 6) is 0.232. The molecule has 1 fully saturated rings. The second kappa shape index (κ2) is 5.74. The molecule has 0 saturated carbocycles. The summed E-state index contributed by atoms with van der Waals surface area (Å²) < 4.78 is 22.2. The number of fused-ring (bicyclic) bond motifs is 1. The van der Waals surface area contributed by atoms with Crippen LogP contribution in [-0.2, 0) is 13.8 Å². The van der Waals surface area contributed by atoms with E-state index in [-0.39, 0.29) is 5.82 Å². The standard InChI is InChI=1S/C12H17N4O7P/c1-12(18)9(17)8(4-22-24(19,20)21)23-10(12)6-2-3-7-11(13)14-5-15-16(6)7/h2-3,5,8-10,17-18H,4H2,1H3,(H2,13,14,15)(H2,19,20,21)/t8-,9-,10+,12-/m1/s1. The van der Waals surface area contributed by atoms with Crippen molar-refractivity contribution in [3.63, 3.8) is 0 Å². The molecule has 0 bridgehead atoms. The maximum Gasteiger partial charge on any atom is 0.469 e. The average Bonchev–Trinajstić information content (AvgIpc) is 2.99. The van der Waals surface area contributed by atoms with Gasteiger partial charge in [-0.15, -0.1) is 0 Å². The summed E-state index contributed by atoms with van der Waals surface area (Å²) in [4.78, 5) is 21.4. The van der Waals surface area contributed by atoms with Crippen LogP contribution in [0.1, 0.15) is 18.7 Å². The smallest absolute Gasteiger partial charge is 0.387 e. The quantitative estimate of drug-likeness (QED) is 0.424. The number of hydrogen-bond acceptors (Lipinski definition) is 8. The zero-order valence-electron chi connectivity index (χ0n) is 12.6. The highest BCUT2D eigenvalue weighted by Crippen LogP contribution is 2.44. The van der Waals surface area contributed by atoms with E-state index in [4.69, 9.17) is 20.3 Å². The first-order valence-electron chi connectivity index (χ1n) is 6.95. The van der Waals surface area contributed by atoms with Gasteiger partial charge in [0, 0.05) is 0 Å².